The molecule has 1 N–H and O–H groups in total. The van der Waals surface area contributed by atoms with Crippen LogP contribution in [0.3, 0.4) is 0 Å². The highest BCUT2D eigenvalue weighted by Gasteiger charge is 2.20. The van der Waals surface area contributed by atoms with E-state index in [2.05, 4.69) is 55.5 Å². The summed E-state index contributed by atoms with van der Waals surface area (Å²) in [5.74, 6) is 0. The van der Waals surface area contributed by atoms with Crippen LogP contribution in [0.1, 0.15) is 24.1 Å². The third-order valence-corrected chi connectivity index (χ3v) is 3.51. The van der Waals surface area contributed by atoms with E-state index in [1.165, 1.54) is 11.1 Å². The molecule has 0 fully saturated rings. The van der Waals surface area contributed by atoms with E-state index in [1.54, 1.807) is 0 Å². The highest BCUT2D eigenvalue weighted by atomic mass is 16.5. The SMILES string of the molecule is CC(CNC1COCc2ccccc21)N(C)C. The van der Waals surface area contributed by atoms with Crippen molar-refractivity contribution >= 4 is 0 Å². The van der Waals surface area contributed by atoms with Crippen LogP contribution in [0.5, 0.6) is 0 Å². The Morgan fingerprint density at radius 2 is 2.18 bits per heavy atom. The van der Waals surface area contributed by atoms with Gasteiger partial charge in [0.15, 0.2) is 0 Å². The minimum atomic E-state index is 0.336. The molecule has 0 aliphatic carbocycles. The predicted octanol–water partition coefficient (Wildman–Crippen LogP) is 1.80. The second-order valence-corrected chi connectivity index (χ2v) is 4.99. The number of hydrogen-bond acceptors (Lipinski definition) is 3. The number of hydrogen-bond donors (Lipinski definition) is 1. The van der Waals surface area contributed by atoms with Crippen LogP contribution in [0.2, 0.25) is 0 Å². The van der Waals surface area contributed by atoms with E-state index in [9.17, 15) is 0 Å². The quantitative estimate of drug-likeness (QED) is 0.859. The third kappa shape index (κ3) is 3.06. The number of rotatable bonds is 4. The minimum absolute atomic E-state index is 0.336. The van der Waals surface area contributed by atoms with Crippen molar-refractivity contribution in [2.75, 3.05) is 27.2 Å². The summed E-state index contributed by atoms with van der Waals surface area (Å²) in [6, 6.07) is 9.40. The van der Waals surface area contributed by atoms with Crippen LogP contribution in [0.25, 0.3) is 0 Å². The first-order valence-electron chi connectivity index (χ1n) is 6.24. The van der Waals surface area contributed by atoms with Gasteiger partial charge in [-0.1, -0.05) is 24.3 Å². The summed E-state index contributed by atoms with van der Waals surface area (Å²) in [5.41, 5.74) is 2.71. The fourth-order valence-electron chi connectivity index (χ4n) is 2.05. The van der Waals surface area contributed by atoms with Gasteiger partial charge in [0.2, 0.25) is 0 Å². The first-order chi connectivity index (χ1) is 8.18. The van der Waals surface area contributed by atoms with Crippen molar-refractivity contribution in [2.45, 2.75) is 25.6 Å². The van der Waals surface area contributed by atoms with Crippen LogP contribution in [0.15, 0.2) is 24.3 Å². The summed E-state index contributed by atoms with van der Waals surface area (Å²) >= 11 is 0. The monoisotopic (exact) mass is 234 g/mol. The maximum atomic E-state index is 5.63. The van der Waals surface area contributed by atoms with Crippen molar-refractivity contribution < 1.29 is 4.74 Å². The molecule has 0 saturated heterocycles. The van der Waals surface area contributed by atoms with E-state index in [1.807, 2.05) is 0 Å². The molecule has 1 aromatic rings. The Bertz CT molecular complexity index is 365. The molecule has 94 valence electrons. The molecule has 2 rings (SSSR count). The molecular weight excluding hydrogens is 212 g/mol. The maximum absolute atomic E-state index is 5.63. The zero-order valence-electron chi connectivity index (χ0n) is 10.9. The molecule has 17 heavy (non-hydrogen) atoms. The van der Waals surface area contributed by atoms with Gasteiger partial charge in [-0.15, -0.1) is 0 Å². The minimum Gasteiger partial charge on any atom is -0.375 e. The van der Waals surface area contributed by atoms with Gasteiger partial charge in [-0.25, -0.2) is 0 Å². The Morgan fingerprint density at radius 1 is 1.41 bits per heavy atom. The normalized spacial score (nSPS) is 21.3. The zero-order chi connectivity index (χ0) is 12.3. The zero-order valence-corrected chi connectivity index (χ0v) is 10.9. The largest absolute Gasteiger partial charge is 0.375 e. The van der Waals surface area contributed by atoms with E-state index in [0.29, 0.717) is 12.1 Å². The van der Waals surface area contributed by atoms with E-state index in [4.69, 9.17) is 4.74 Å². The molecular formula is C14H22N2O. The Balaban J connectivity index is 1.99. The maximum Gasteiger partial charge on any atom is 0.0721 e. The average Bonchev–Trinajstić information content (AvgIpc) is 2.35. The molecule has 0 bridgehead atoms. The number of benzene rings is 1. The van der Waals surface area contributed by atoms with E-state index < -0.39 is 0 Å². The summed E-state index contributed by atoms with van der Waals surface area (Å²) in [4.78, 5) is 2.22. The van der Waals surface area contributed by atoms with Crippen LogP contribution in [0, 0.1) is 0 Å². The molecule has 1 heterocycles. The predicted molar refractivity (Wildman–Crippen MR) is 70.0 cm³/mol. The average molecular weight is 234 g/mol. The van der Waals surface area contributed by atoms with Crippen LogP contribution in [0.4, 0.5) is 0 Å². The van der Waals surface area contributed by atoms with Crippen molar-refractivity contribution in [2.24, 2.45) is 0 Å². The van der Waals surface area contributed by atoms with Crippen molar-refractivity contribution in [3.05, 3.63) is 35.4 Å². The standard InChI is InChI=1S/C14H22N2O/c1-11(16(2)3)8-15-14-10-17-9-12-6-4-5-7-13(12)14/h4-7,11,14-15H,8-10H2,1-3H3. The van der Waals surface area contributed by atoms with Gasteiger partial charge in [-0.05, 0) is 32.1 Å². The second-order valence-electron chi connectivity index (χ2n) is 4.99. The van der Waals surface area contributed by atoms with Crippen LogP contribution in [-0.2, 0) is 11.3 Å². The van der Waals surface area contributed by atoms with Gasteiger partial charge in [0.05, 0.1) is 19.3 Å². The molecule has 1 aromatic carbocycles. The summed E-state index contributed by atoms with van der Waals surface area (Å²) in [7, 11) is 4.22. The molecule has 0 saturated carbocycles. The van der Waals surface area contributed by atoms with Crippen molar-refractivity contribution in [1.82, 2.24) is 10.2 Å². The fourth-order valence-corrected chi connectivity index (χ4v) is 2.05. The van der Waals surface area contributed by atoms with Crippen LogP contribution < -0.4 is 5.32 Å². The molecule has 0 amide bonds. The van der Waals surface area contributed by atoms with Gasteiger partial charge < -0.3 is 15.0 Å². The van der Waals surface area contributed by atoms with Gasteiger partial charge in [0.1, 0.15) is 0 Å². The topological polar surface area (TPSA) is 24.5 Å². The Kier molecular flexibility index (Phi) is 4.15. The summed E-state index contributed by atoms with van der Waals surface area (Å²) in [6.07, 6.45) is 0. The highest BCUT2D eigenvalue weighted by molar-refractivity contribution is 5.31. The van der Waals surface area contributed by atoms with Gasteiger partial charge in [-0.2, -0.15) is 0 Å². The van der Waals surface area contributed by atoms with Crippen molar-refractivity contribution in [3.8, 4) is 0 Å². The lowest BCUT2D eigenvalue weighted by Crippen LogP contribution is -2.39. The number of likely N-dealkylation sites (N-methyl/N-ethyl adjacent to an activating group) is 1. The van der Waals surface area contributed by atoms with E-state index >= 15 is 0 Å². The summed E-state index contributed by atoms with van der Waals surface area (Å²) < 4.78 is 5.63. The molecule has 3 nitrogen and oxygen atoms in total. The molecule has 0 spiro atoms. The lowest BCUT2D eigenvalue weighted by Gasteiger charge is -2.29. The summed E-state index contributed by atoms with van der Waals surface area (Å²) in [6.45, 7) is 4.73. The number of ether oxygens (including phenoxy) is 1. The van der Waals surface area contributed by atoms with Crippen LogP contribution >= 0.6 is 0 Å². The smallest absolute Gasteiger partial charge is 0.0721 e. The summed E-state index contributed by atoms with van der Waals surface area (Å²) in [5, 5.41) is 3.59. The molecule has 0 radical (unpaired) electrons. The lowest BCUT2D eigenvalue weighted by atomic mass is 9.99. The van der Waals surface area contributed by atoms with Gasteiger partial charge in [0, 0.05) is 12.6 Å². The third-order valence-electron chi connectivity index (χ3n) is 3.51. The number of nitrogens with zero attached hydrogens (tertiary/aromatic N) is 1. The molecule has 1 aliphatic rings. The second kappa shape index (κ2) is 5.63. The van der Waals surface area contributed by atoms with Gasteiger partial charge in [0.25, 0.3) is 0 Å². The first kappa shape index (κ1) is 12.6. The highest BCUT2D eigenvalue weighted by Crippen LogP contribution is 2.24. The molecule has 0 aromatic heterocycles. The fraction of sp³-hybridized carbons (Fsp3) is 0.571. The Labute approximate surface area is 104 Å². The van der Waals surface area contributed by atoms with E-state index in [0.717, 1.165) is 19.8 Å². The molecule has 2 unspecified atom stereocenters. The van der Waals surface area contributed by atoms with Gasteiger partial charge in [-0.3, -0.25) is 0 Å². The number of nitrogens with one attached hydrogen (secondary N) is 1. The van der Waals surface area contributed by atoms with Crippen LogP contribution in [-0.4, -0.2) is 38.2 Å². The molecule has 1 aliphatic heterocycles. The molecule has 2 atom stereocenters. The lowest BCUT2D eigenvalue weighted by molar-refractivity contribution is 0.0802. The molecule has 3 heteroatoms. The first-order valence-corrected chi connectivity index (χ1v) is 6.24. The van der Waals surface area contributed by atoms with Crippen molar-refractivity contribution in [1.29, 1.82) is 0 Å². The van der Waals surface area contributed by atoms with Crippen molar-refractivity contribution in [3.63, 3.8) is 0 Å². The van der Waals surface area contributed by atoms with E-state index in [-0.39, 0.29) is 0 Å². The Morgan fingerprint density at radius 3 is 2.94 bits per heavy atom. The van der Waals surface area contributed by atoms with Gasteiger partial charge >= 0.3 is 0 Å². The number of fused-ring (bicyclic) bond motifs is 1. The Hall–Kier alpha value is -0.900.